The number of thiazole rings is 1. The van der Waals surface area contributed by atoms with Gasteiger partial charge < -0.3 is 5.32 Å². The van der Waals surface area contributed by atoms with Crippen molar-refractivity contribution in [1.29, 1.82) is 0 Å². The third kappa shape index (κ3) is 2.90. The van der Waals surface area contributed by atoms with E-state index < -0.39 is 0 Å². The second kappa shape index (κ2) is 5.98. The van der Waals surface area contributed by atoms with Crippen molar-refractivity contribution in [2.45, 2.75) is 6.92 Å². The van der Waals surface area contributed by atoms with Crippen LogP contribution in [0.25, 0.3) is 22.1 Å². The molecule has 0 unspecified atom stereocenters. The second-order valence-electron chi connectivity index (χ2n) is 5.58. The lowest BCUT2D eigenvalue weighted by molar-refractivity contribution is -0.114. The zero-order chi connectivity index (χ0) is 17.6. The Morgan fingerprint density at radius 2 is 2.00 bits per heavy atom. The SMILES string of the molecule is CC(=O)Nc1ccc2nc3s/c(=C\c4ccc(Cl)cc4)c(=O)n3c2c1. The van der Waals surface area contributed by atoms with Gasteiger partial charge in [-0.15, -0.1) is 0 Å². The lowest BCUT2D eigenvalue weighted by atomic mass is 10.2. The van der Waals surface area contributed by atoms with Gasteiger partial charge in [-0.3, -0.25) is 9.59 Å². The lowest BCUT2D eigenvalue weighted by Crippen LogP contribution is -2.22. The highest BCUT2D eigenvalue weighted by Crippen LogP contribution is 2.20. The van der Waals surface area contributed by atoms with Crippen molar-refractivity contribution in [3.05, 3.63) is 67.9 Å². The highest BCUT2D eigenvalue weighted by Gasteiger charge is 2.12. The first-order valence-electron chi connectivity index (χ1n) is 7.51. The Morgan fingerprint density at radius 3 is 2.72 bits per heavy atom. The summed E-state index contributed by atoms with van der Waals surface area (Å²) in [6.45, 7) is 1.44. The van der Waals surface area contributed by atoms with Gasteiger partial charge in [0, 0.05) is 17.6 Å². The maximum absolute atomic E-state index is 12.8. The number of hydrogen-bond donors (Lipinski definition) is 1. The zero-order valence-corrected chi connectivity index (χ0v) is 14.7. The molecule has 0 aliphatic rings. The standard InChI is InChI=1S/C18H12ClN3O2S/c1-10(23)20-13-6-7-14-15(9-13)22-17(24)16(25-18(22)21-14)8-11-2-4-12(19)5-3-11/h2-9H,1H3,(H,20,23)/b16-8-. The first-order valence-corrected chi connectivity index (χ1v) is 8.70. The van der Waals surface area contributed by atoms with Gasteiger partial charge in [0.1, 0.15) is 0 Å². The Kier molecular flexibility index (Phi) is 3.78. The van der Waals surface area contributed by atoms with Crippen molar-refractivity contribution in [1.82, 2.24) is 9.38 Å². The van der Waals surface area contributed by atoms with Gasteiger partial charge in [0.25, 0.3) is 5.56 Å². The van der Waals surface area contributed by atoms with Gasteiger partial charge in [-0.2, -0.15) is 0 Å². The van der Waals surface area contributed by atoms with Gasteiger partial charge in [0.15, 0.2) is 4.96 Å². The summed E-state index contributed by atoms with van der Waals surface area (Å²) in [5, 5.41) is 3.37. The molecule has 25 heavy (non-hydrogen) atoms. The molecule has 7 heteroatoms. The van der Waals surface area contributed by atoms with Crippen molar-refractivity contribution < 1.29 is 4.79 Å². The summed E-state index contributed by atoms with van der Waals surface area (Å²) in [5.74, 6) is -0.162. The minimum absolute atomic E-state index is 0.127. The molecule has 0 radical (unpaired) electrons. The van der Waals surface area contributed by atoms with Crippen LogP contribution in [0.15, 0.2) is 47.3 Å². The molecule has 124 valence electrons. The van der Waals surface area contributed by atoms with Crippen LogP contribution in [0.5, 0.6) is 0 Å². The number of amides is 1. The van der Waals surface area contributed by atoms with Gasteiger partial charge in [-0.05, 0) is 42.0 Å². The molecule has 0 spiro atoms. The largest absolute Gasteiger partial charge is 0.326 e. The van der Waals surface area contributed by atoms with E-state index in [0.717, 1.165) is 11.1 Å². The molecule has 1 N–H and O–H groups in total. The van der Waals surface area contributed by atoms with Crippen molar-refractivity contribution in [2.75, 3.05) is 5.32 Å². The molecule has 0 bridgehead atoms. The molecular formula is C18H12ClN3O2S. The van der Waals surface area contributed by atoms with E-state index >= 15 is 0 Å². The van der Waals surface area contributed by atoms with Gasteiger partial charge in [0.2, 0.25) is 5.91 Å². The number of benzene rings is 2. The first-order chi connectivity index (χ1) is 12.0. The maximum Gasteiger partial charge on any atom is 0.274 e. The van der Waals surface area contributed by atoms with E-state index in [4.69, 9.17) is 11.6 Å². The van der Waals surface area contributed by atoms with Crippen LogP contribution in [0.3, 0.4) is 0 Å². The summed E-state index contributed by atoms with van der Waals surface area (Å²) in [4.78, 5) is 29.2. The number of rotatable bonds is 2. The molecule has 2 aromatic heterocycles. The number of halogens is 1. The zero-order valence-electron chi connectivity index (χ0n) is 13.1. The maximum atomic E-state index is 12.8. The number of aromatic nitrogens is 2. The number of fused-ring (bicyclic) bond motifs is 3. The van der Waals surface area contributed by atoms with E-state index in [1.54, 1.807) is 34.7 Å². The number of carbonyl (C=O) groups is 1. The fourth-order valence-corrected chi connectivity index (χ4v) is 3.77. The van der Waals surface area contributed by atoms with Crippen LogP contribution in [-0.2, 0) is 4.79 Å². The topological polar surface area (TPSA) is 63.5 Å². The highest BCUT2D eigenvalue weighted by molar-refractivity contribution is 7.15. The fourth-order valence-electron chi connectivity index (χ4n) is 2.65. The quantitative estimate of drug-likeness (QED) is 0.590. The molecule has 5 nitrogen and oxygen atoms in total. The van der Waals surface area contributed by atoms with Gasteiger partial charge in [-0.25, -0.2) is 9.38 Å². The summed E-state index contributed by atoms with van der Waals surface area (Å²) in [6, 6.07) is 12.6. The summed E-state index contributed by atoms with van der Waals surface area (Å²) in [6.07, 6.45) is 1.82. The van der Waals surface area contributed by atoms with Crippen LogP contribution in [0.2, 0.25) is 5.02 Å². The molecule has 2 heterocycles. The van der Waals surface area contributed by atoms with E-state index in [1.165, 1.54) is 18.3 Å². The third-order valence-electron chi connectivity index (χ3n) is 3.73. The highest BCUT2D eigenvalue weighted by atomic mass is 35.5. The summed E-state index contributed by atoms with van der Waals surface area (Å²) >= 11 is 7.22. The minimum Gasteiger partial charge on any atom is -0.326 e. The monoisotopic (exact) mass is 369 g/mol. The molecule has 0 aliphatic carbocycles. The van der Waals surface area contributed by atoms with E-state index in [9.17, 15) is 9.59 Å². The number of hydrogen-bond acceptors (Lipinski definition) is 4. The number of anilines is 1. The number of nitrogens with one attached hydrogen (secondary N) is 1. The summed E-state index contributed by atoms with van der Waals surface area (Å²) in [7, 11) is 0. The van der Waals surface area contributed by atoms with Crippen LogP contribution in [0, 0.1) is 0 Å². The average molecular weight is 370 g/mol. The minimum atomic E-state index is -0.162. The Bertz CT molecular complexity index is 1230. The Balaban J connectivity index is 1.91. The van der Waals surface area contributed by atoms with Crippen molar-refractivity contribution >= 4 is 56.6 Å². The predicted molar refractivity (Wildman–Crippen MR) is 101 cm³/mol. The summed E-state index contributed by atoms with van der Waals surface area (Å²) in [5.41, 5.74) is 2.80. The molecule has 0 saturated carbocycles. The predicted octanol–water partition coefficient (Wildman–Crippen LogP) is 3.07. The molecule has 4 aromatic rings. The van der Waals surface area contributed by atoms with E-state index in [1.807, 2.05) is 18.2 Å². The number of imidazole rings is 1. The van der Waals surface area contributed by atoms with Crippen molar-refractivity contribution in [3.63, 3.8) is 0 Å². The van der Waals surface area contributed by atoms with Crippen LogP contribution in [-0.4, -0.2) is 15.3 Å². The molecule has 0 aliphatic heterocycles. The van der Waals surface area contributed by atoms with Crippen LogP contribution >= 0.6 is 22.9 Å². The number of carbonyl (C=O) groups excluding carboxylic acids is 1. The van der Waals surface area contributed by atoms with Gasteiger partial charge >= 0.3 is 0 Å². The molecule has 0 atom stereocenters. The molecular weight excluding hydrogens is 358 g/mol. The van der Waals surface area contributed by atoms with Crippen LogP contribution in [0.4, 0.5) is 5.69 Å². The average Bonchev–Trinajstić information content (AvgIpc) is 3.06. The fraction of sp³-hybridized carbons (Fsp3) is 0.0556. The van der Waals surface area contributed by atoms with Gasteiger partial charge in [-0.1, -0.05) is 35.1 Å². The molecule has 1 amide bonds. The Hall–Kier alpha value is -2.70. The Labute approximate surface area is 151 Å². The molecule has 4 rings (SSSR count). The lowest BCUT2D eigenvalue weighted by Gasteiger charge is -2.00. The third-order valence-corrected chi connectivity index (χ3v) is 4.95. The first kappa shape index (κ1) is 15.8. The second-order valence-corrected chi connectivity index (χ2v) is 7.03. The molecule has 0 saturated heterocycles. The van der Waals surface area contributed by atoms with Crippen molar-refractivity contribution in [2.24, 2.45) is 0 Å². The smallest absolute Gasteiger partial charge is 0.274 e. The van der Waals surface area contributed by atoms with Gasteiger partial charge in [0.05, 0.1) is 15.6 Å². The molecule has 2 aromatic carbocycles. The van der Waals surface area contributed by atoms with Crippen LogP contribution < -0.4 is 15.4 Å². The van der Waals surface area contributed by atoms with E-state index in [-0.39, 0.29) is 11.5 Å². The summed E-state index contributed by atoms with van der Waals surface area (Å²) < 4.78 is 2.17. The molecule has 0 fully saturated rings. The Morgan fingerprint density at radius 1 is 1.24 bits per heavy atom. The number of nitrogens with zero attached hydrogens (tertiary/aromatic N) is 2. The van der Waals surface area contributed by atoms with E-state index in [0.29, 0.717) is 25.7 Å². The normalized spacial score (nSPS) is 12.2. The van der Waals surface area contributed by atoms with Crippen molar-refractivity contribution in [3.8, 4) is 0 Å². The van der Waals surface area contributed by atoms with Crippen LogP contribution in [0.1, 0.15) is 12.5 Å². The van der Waals surface area contributed by atoms with E-state index in [2.05, 4.69) is 10.3 Å².